The fourth-order valence-electron chi connectivity index (χ4n) is 3.09. The Hall–Kier alpha value is -2.30. The predicted molar refractivity (Wildman–Crippen MR) is 85.3 cm³/mol. The zero-order valence-corrected chi connectivity index (χ0v) is 13.0. The highest BCUT2D eigenvalue weighted by Gasteiger charge is 2.25. The van der Waals surface area contributed by atoms with Gasteiger partial charge in [-0.05, 0) is 37.0 Å². The minimum atomic E-state index is -0.238. The van der Waals surface area contributed by atoms with Crippen LogP contribution >= 0.6 is 0 Å². The van der Waals surface area contributed by atoms with Gasteiger partial charge in [0.15, 0.2) is 0 Å². The van der Waals surface area contributed by atoms with Crippen LogP contribution in [0.15, 0.2) is 42.9 Å². The van der Waals surface area contributed by atoms with Crippen molar-refractivity contribution in [2.75, 3.05) is 13.1 Å². The third kappa shape index (κ3) is 3.92. The maximum absolute atomic E-state index is 13.6. The average molecular weight is 313 g/mol. The molecule has 1 aromatic carbocycles. The molecule has 1 aliphatic heterocycles. The molecule has 0 N–H and O–H groups in total. The second kappa shape index (κ2) is 7.31. The second-order valence-corrected chi connectivity index (χ2v) is 5.90. The molecule has 0 bridgehead atoms. The van der Waals surface area contributed by atoms with Gasteiger partial charge < -0.3 is 4.90 Å². The molecule has 1 aromatic heterocycles. The first kappa shape index (κ1) is 15.6. The molecule has 1 atom stereocenters. The molecule has 120 valence electrons. The molecule has 4 nitrogen and oxygen atoms in total. The van der Waals surface area contributed by atoms with Gasteiger partial charge >= 0.3 is 0 Å². The molecule has 1 saturated heterocycles. The van der Waals surface area contributed by atoms with Gasteiger partial charge in [-0.1, -0.05) is 18.2 Å². The first-order valence-electron chi connectivity index (χ1n) is 8.01. The highest BCUT2D eigenvalue weighted by atomic mass is 19.1. The van der Waals surface area contributed by atoms with E-state index < -0.39 is 0 Å². The first-order chi connectivity index (χ1) is 11.2. The van der Waals surface area contributed by atoms with E-state index in [2.05, 4.69) is 9.97 Å². The van der Waals surface area contributed by atoms with E-state index in [1.165, 1.54) is 6.07 Å². The Kier molecular flexibility index (Phi) is 4.95. The van der Waals surface area contributed by atoms with E-state index in [9.17, 15) is 9.18 Å². The topological polar surface area (TPSA) is 46.1 Å². The van der Waals surface area contributed by atoms with Crippen LogP contribution in [-0.4, -0.2) is 33.9 Å². The van der Waals surface area contributed by atoms with Crippen molar-refractivity contribution >= 4 is 5.91 Å². The number of nitrogens with zero attached hydrogens (tertiary/aromatic N) is 3. The van der Waals surface area contributed by atoms with Gasteiger partial charge in [0.1, 0.15) is 12.1 Å². The van der Waals surface area contributed by atoms with Gasteiger partial charge in [0.05, 0.1) is 0 Å². The maximum Gasteiger partial charge on any atom is 0.222 e. The standard InChI is InChI=1S/C18H20FN3O/c19-16-6-2-1-4-14(16)7-8-18(23)22-11-3-5-15(12-22)17-9-10-20-13-21-17/h1-2,4,6,9-10,13,15H,3,5,7-8,11-12H2/t15-/m0/s1. The number of rotatable bonds is 4. The number of aromatic nitrogens is 2. The molecule has 23 heavy (non-hydrogen) atoms. The third-order valence-electron chi connectivity index (χ3n) is 4.36. The van der Waals surface area contributed by atoms with Crippen LogP contribution in [0.5, 0.6) is 0 Å². The molecule has 2 aromatic rings. The van der Waals surface area contributed by atoms with Crippen LogP contribution in [0.4, 0.5) is 4.39 Å². The summed E-state index contributed by atoms with van der Waals surface area (Å²) in [5.74, 6) is 0.119. The van der Waals surface area contributed by atoms with Gasteiger partial charge in [-0.15, -0.1) is 0 Å². The van der Waals surface area contributed by atoms with Gasteiger partial charge in [0, 0.05) is 37.3 Å². The number of likely N-dealkylation sites (tertiary alicyclic amines) is 1. The Balaban J connectivity index is 1.58. The molecule has 0 unspecified atom stereocenters. The maximum atomic E-state index is 13.6. The number of carbonyl (C=O) groups is 1. The molecule has 2 heterocycles. The highest BCUT2D eigenvalue weighted by molar-refractivity contribution is 5.76. The van der Waals surface area contributed by atoms with E-state index in [1.54, 1.807) is 30.7 Å². The second-order valence-electron chi connectivity index (χ2n) is 5.90. The van der Waals surface area contributed by atoms with Crippen molar-refractivity contribution in [1.82, 2.24) is 14.9 Å². The number of amides is 1. The van der Waals surface area contributed by atoms with Crippen molar-refractivity contribution in [1.29, 1.82) is 0 Å². The van der Waals surface area contributed by atoms with Gasteiger partial charge in [-0.3, -0.25) is 4.79 Å². The Morgan fingerprint density at radius 1 is 1.30 bits per heavy atom. The number of piperidine rings is 1. The number of hydrogen-bond acceptors (Lipinski definition) is 3. The molecule has 3 rings (SSSR count). The number of carbonyl (C=O) groups excluding carboxylic acids is 1. The van der Waals surface area contributed by atoms with Crippen LogP contribution in [0.2, 0.25) is 0 Å². The van der Waals surface area contributed by atoms with Gasteiger partial charge in [0.25, 0.3) is 0 Å². The summed E-state index contributed by atoms with van der Waals surface area (Å²) in [6, 6.07) is 8.55. The van der Waals surface area contributed by atoms with E-state index in [0.717, 1.165) is 25.1 Å². The van der Waals surface area contributed by atoms with Gasteiger partial charge in [-0.2, -0.15) is 0 Å². The Morgan fingerprint density at radius 2 is 2.17 bits per heavy atom. The van der Waals surface area contributed by atoms with Crippen LogP contribution in [0, 0.1) is 5.82 Å². The lowest BCUT2D eigenvalue weighted by molar-refractivity contribution is -0.132. The third-order valence-corrected chi connectivity index (χ3v) is 4.36. The summed E-state index contributed by atoms with van der Waals surface area (Å²) >= 11 is 0. The SMILES string of the molecule is O=C(CCc1ccccc1F)N1CCC[C@H](c2ccncn2)C1. The molecule has 0 spiro atoms. The summed E-state index contributed by atoms with van der Waals surface area (Å²) in [5, 5.41) is 0. The van der Waals surface area contributed by atoms with Crippen molar-refractivity contribution in [3.05, 3.63) is 59.9 Å². The number of hydrogen-bond donors (Lipinski definition) is 0. The van der Waals surface area contributed by atoms with Crippen LogP contribution in [0.3, 0.4) is 0 Å². The number of halogens is 1. The summed E-state index contributed by atoms with van der Waals surface area (Å²) in [6.45, 7) is 1.46. The van der Waals surface area contributed by atoms with E-state index in [0.29, 0.717) is 24.9 Å². The van der Waals surface area contributed by atoms with E-state index in [4.69, 9.17) is 0 Å². The van der Waals surface area contributed by atoms with Crippen LogP contribution in [-0.2, 0) is 11.2 Å². The summed E-state index contributed by atoms with van der Waals surface area (Å²) in [6.07, 6.45) is 6.08. The Labute approximate surface area is 135 Å². The van der Waals surface area contributed by atoms with Crippen molar-refractivity contribution in [2.45, 2.75) is 31.6 Å². The minimum absolute atomic E-state index is 0.0898. The Bertz CT molecular complexity index is 662. The van der Waals surface area contributed by atoms with E-state index >= 15 is 0 Å². The minimum Gasteiger partial charge on any atom is -0.342 e. The molecule has 1 fully saturated rings. The van der Waals surface area contributed by atoms with Gasteiger partial charge in [-0.25, -0.2) is 14.4 Å². The fourth-order valence-corrected chi connectivity index (χ4v) is 3.09. The van der Waals surface area contributed by atoms with Crippen molar-refractivity contribution in [3.63, 3.8) is 0 Å². The predicted octanol–water partition coefficient (Wildman–Crippen LogP) is 2.95. The monoisotopic (exact) mass is 313 g/mol. The molecule has 0 saturated carbocycles. The fraction of sp³-hybridized carbons (Fsp3) is 0.389. The zero-order valence-electron chi connectivity index (χ0n) is 13.0. The molecule has 1 aliphatic rings. The lowest BCUT2D eigenvalue weighted by Gasteiger charge is -2.32. The van der Waals surface area contributed by atoms with Crippen LogP contribution in [0.1, 0.15) is 36.4 Å². The number of benzene rings is 1. The summed E-state index contributed by atoms with van der Waals surface area (Å²) in [7, 11) is 0. The molecule has 0 radical (unpaired) electrons. The van der Waals surface area contributed by atoms with Crippen molar-refractivity contribution < 1.29 is 9.18 Å². The normalized spacial score (nSPS) is 18.0. The van der Waals surface area contributed by atoms with Gasteiger partial charge in [0.2, 0.25) is 5.91 Å². The first-order valence-corrected chi connectivity index (χ1v) is 8.01. The smallest absolute Gasteiger partial charge is 0.222 e. The van der Waals surface area contributed by atoms with E-state index in [-0.39, 0.29) is 17.6 Å². The quantitative estimate of drug-likeness (QED) is 0.872. The van der Waals surface area contributed by atoms with E-state index in [1.807, 2.05) is 11.0 Å². The summed E-state index contributed by atoms with van der Waals surface area (Å²) < 4.78 is 13.6. The van der Waals surface area contributed by atoms with Crippen LogP contribution in [0.25, 0.3) is 0 Å². The lowest BCUT2D eigenvalue weighted by Crippen LogP contribution is -2.39. The summed E-state index contributed by atoms with van der Waals surface area (Å²) in [5.41, 5.74) is 1.59. The molecular formula is C18H20FN3O. The van der Waals surface area contributed by atoms with Crippen LogP contribution < -0.4 is 0 Å². The molecular weight excluding hydrogens is 293 g/mol. The van der Waals surface area contributed by atoms with Crippen molar-refractivity contribution in [3.8, 4) is 0 Å². The molecule has 0 aliphatic carbocycles. The lowest BCUT2D eigenvalue weighted by atomic mass is 9.94. The van der Waals surface area contributed by atoms with Crippen molar-refractivity contribution in [2.24, 2.45) is 0 Å². The largest absolute Gasteiger partial charge is 0.342 e. The molecule has 1 amide bonds. The molecule has 5 heteroatoms. The summed E-state index contributed by atoms with van der Waals surface area (Å²) in [4.78, 5) is 22.6. The number of aryl methyl sites for hydroxylation is 1. The average Bonchev–Trinajstić information content (AvgIpc) is 2.62. The Morgan fingerprint density at radius 3 is 2.96 bits per heavy atom. The zero-order chi connectivity index (χ0) is 16.1. The highest BCUT2D eigenvalue weighted by Crippen LogP contribution is 2.25.